The van der Waals surface area contributed by atoms with Crippen LogP contribution < -0.4 is 11.1 Å². The highest BCUT2D eigenvalue weighted by Gasteiger charge is 2.45. The Labute approximate surface area is 96.8 Å². The van der Waals surface area contributed by atoms with Gasteiger partial charge < -0.3 is 11.1 Å². The molecule has 1 atom stereocenters. The molecule has 0 aromatic heterocycles. The lowest BCUT2D eigenvalue weighted by Gasteiger charge is -2.06. The van der Waals surface area contributed by atoms with Gasteiger partial charge in [0.25, 0.3) is 0 Å². The molecule has 86 valence electrons. The van der Waals surface area contributed by atoms with E-state index >= 15 is 0 Å². The minimum Gasteiger partial charge on any atom is -0.370 e. The smallest absolute Gasteiger partial charge is 0.193 e. The van der Waals surface area contributed by atoms with Gasteiger partial charge in [-0.3, -0.25) is 0 Å². The number of nitrogens with one attached hydrogen (secondary N) is 1. The summed E-state index contributed by atoms with van der Waals surface area (Å²) in [5.41, 5.74) is 8.40. The average molecular weight is 217 g/mol. The van der Waals surface area contributed by atoms with E-state index in [1.54, 1.807) is 0 Å². The van der Waals surface area contributed by atoms with Crippen LogP contribution in [0.5, 0.6) is 0 Å². The summed E-state index contributed by atoms with van der Waals surface area (Å²) in [5, 5.41) is 3.12. The van der Waals surface area contributed by atoms with E-state index in [1.165, 1.54) is 5.56 Å². The molecule has 1 aromatic carbocycles. The van der Waals surface area contributed by atoms with E-state index in [0.29, 0.717) is 17.4 Å². The van der Waals surface area contributed by atoms with Crippen LogP contribution >= 0.6 is 0 Å². The van der Waals surface area contributed by atoms with Gasteiger partial charge in [-0.2, -0.15) is 0 Å². The molecule has 1 aliphatic rings. The lowest BCUT2D eigenvalue weighted by atomic mass is 10.2. The van der Waals surface area contributed by atoms with Crippen LogP contribution in [0.15, 0.2) is 29.3 Å². The first-order valence-corrected chi connectivity index (χ1v) is 5.64. The Balaban J connectivity index is 2.00. The second-order valence-corrected chi connectivity index (χ2v) is 5.22. The summed E-state index contributed by atoms with van der Waals surface area (Å²) in [6, 6.07) is 8.49. The lowest BCUT2D eigenvalue weighted by molar-refractivity contribution is 0.618. The van der Waals surface area contributed by atoms with E-state index in [4.69, 9.17) is 5.73 Å². The third-order valence-electron chi connectivity index (χ3n) is 3.05. The van der Waals surface area contributed by atoms with Crippen molar-refractivity contribution in [3.05, 3.63) is 29.8 Å². The average Bonchev–Trinajstić information content (AvgIpc) is 2.72. The van der Waals surface area contributed by atoms with Crippen molar-refractivity contribution in [1.29, 1.82) is 0 Å². The van der Waals surface area contributed by atoms with Crippen molar-refractivity contribution < 1.29 is 0 Å². The molecule has 0 radical (unpaired) electrons. The van der Waals surface area contributed by atoms with Gasteiger partial charge in [0.1, 0.15) is 0 Å². The van der Waals surface area contributed by atoms with E-state index in [9.17, 15) is 0 Å². The molecule has 2 rings (SSSR count). The third-order valence-corrected chi connectivity index (χ3v) is 3.05. The zero-order valence-electron chi connectivity index (χ0n) is 10.1. The van der Waals surface area contributed by atoms with Gasteiger partial charge in [0.2, 0.25) is 0 Å². The SMILES string of the molecule is Cc1cccc(NC(N)=NC2CC2(C)C)c1. The van der Waals surface area contributed by atoms with Crippen LogP contribution in [0.2, 0.25) is 0 Å². The van der Waals surface area contributed by atoms with Crippen molar-refractivity contribution in [2.75, 3.05) is 5.32 Å². The quantitative estimate of drug-likeness (QED) is 0.590. The second kappa shape index (κ2) is 3.81. The predicted molar refractivity (Wildman–Crippen MR) is 68.6 cm³/mol. The van der Waals surface area contributed by atoms with Gasteiger partial charge in [0, 0.05) is 5.69 Å². The molecular weight excluding hydrogens is 198 g/mol. The van der Waals surface area contributed by atoms with Crippen molar-refractivity contribution >= 4 is 11.6 Å². The first-order chi connectivity index (χ1) is 7.47. The number of rotatable bonds is 2. The van der Waals surface area contributed by atoms with Gasteiger partial charge in [0.15, 0.2) is 5.96 Å². The monoisotopic (exact) mass is 217 g/mol. The first-order valence-electron chi connectivity index (χ1n) is 5.64. The van der Waals surface area contributed by atoms with Crippen LogP contribution in [0.25, 0.3) is 0 Å². The van der Waals surface area contributed by atoms with Gasteiger partial charge in [-0.05, 0) is 36.5 Å². The molecule has 16 heavy (non-hydrogen) atoms. The molecule has 0 spiro atoms. The van der Waals surface area contributed by atoms with Crippen molar-refractivity contribution in [3.8, 4) is 0 Å². The van der Waals surface area contributed by atoms with Gasteiger partial charge in [-0.1, -0.05) is 26.0 Å². The highest BCUT2D eigenvalue weighted by Crippen LogP contribution is 2.47. The maximum atomic E-state index is 5.86. The van der Waals surface area contributed by atoms with E-state index in [0.717, 1.165) is 12.1 Å². The Bertz CT molecular complexity index is 421. The van der Waals surface area contributed by atoms with Crippen molar-refractivity contribution in [2.45, 2.75) is 33.2 Å². The number of hydrogen-bond acceptors (Lipinski definition) is 1. The molecule has 0 amide bonds. The third kappa shape index (κ3) is 2.54. The van der Waals surface area contributed by atoms with Crippen LogP contribution in [-0.4, -0.2) is 12.0 Å². The predicted octanol–water partition coefficient (Wildman–Crippen LogP) is 2.52. The highest BCUT2D eigenvalue weighted by molar-refractivity contribution is 5.92. The molecule has 3 heteroatoms. The van der Waals surface area contributed by atoms with Crippen LogP contribution in [0.3, 0.4) is 0 Å². The van der Waals surface area contributed by atoms with Gasteiger partial charge in [-0.25, -0.2) is 4.99 Å². The molecule has 0 heterocycles. The minimum absolute atomic E-state index is 0.332. The molecule has 1 aromatic rings. The summed E-state index contributed by atoms with van der Waals surface area (Å²) in [5.74, 6) is 0.515. The van der Waals surface area contributed by atoms with E-state index < -0.39 is 0 Å². The van der Waals surface area contributed by atoms with Crippen LogP contribution in [0, 0.1) is 12.3 Å². The molecule has 1 unspecified atom stereocenters. The summed E-state index contributed by atoms with van der Waals surface area (Å²) >= 11 is 0. The number of aryl methyl sites for hydroxylation is 1. The fourth-order valence-corrected chi connectivity index (χ4v) is 1.73. The number of guanidine groups is 1. The van der Waals surface area contributed by atoms with E-state index in [-0.39, 0.29) is 0 Å². The van der Waals surface area contributed by atoms with Gasteiger partial charge in [0.05, 0.1) is 6.04 Å². The summed E-state index contributed by atoms with van der Waals surface area (Å²) in [4.78, 5) is 4.45. The first kappa shape index (κ1) is 11.0. The second-order valence-electron chi connectivity index (χ2n) is 5.22. The van der Waals surface area contributed by atoms with Crippen LogP contribution in [-0.2, 0) is 0 Å². The molecule has 1 saturated carbocycles. The Morgan fingerprint density at radius 3 is 2.75 bits per heavy atom. The fraction of sp³-hybridized carbons (Fsp3) is 0.462. The topological polar surface area (TPSA) is 50.4 Å². The van der Waals surface area contributed by atoms with E-state index in [2.05, 4.69) is 43.2 Å². The Hall–Kier alpha value is -1.51. The minimum atomic E-state index is 0.332. The molecule has 3 nitrogen and oxygen atoms in total. The number of nitrogens with two attached hydrogens (primary N) is 1. The summed E-state index contributed by atoms with van der Waals surface area (Å²) in [6.07, 6.45) is 1.13. The number of aliphatic imine (C=N–C) groups is 1. The lowest BCUT2D eigenvalue weighted by Crippen LogP contribution is -2.23. The molecule has 0 saturated heterocycles. The maximum absolute atomic E-state index is 5.86. The number of nitrogens with zero attached hydrogens (tertiary/aromatic N) is 1. The van der Waals surface area contributed by atoms with Crippen LogP contribution in [0.1, 0.15) is 25.8 Å². The van der Waals surface area contributed by atoms with Gasteiger partial charge in [-0.15, -0.1) is 0 Å². The number of benzene rings is 1. The van der Waals surface area contributed by atoms with Gasteiger partial charge >= 0.3 is 0 Å². The Morgan fingerprint density at radius 1 is 1.50 bits per heavy atom. The highest BCUT2D eigenvalue weighted by atomic mass is 15.1. The Morgan fingerprint density at radius 2 is 2.19 bits per heavy atom. The van der Waals surface area contributed by atoms with Crippen molar-refractivity contribution in [1.82, 2.24) is 0 Å². The molecular formula is C13H19N3. The largest absolute Gasteiger partial charge is 0.370 e. The van der Waals surface area contributed by atoms with Crippen molar-refractivity contribution in [3.63, 3.8) is 0 Å². The summed E-state index contributed by atoms with van der Waals surface area (Å²) in [7, 11) is 0. The molecule has 1 aliphatic carbocycles. The number of hydrogen-bond donors (Lipinski definition) is 2. The normalized spacial score (nSPS) is 22.9. The zero-order valence-corrected chi connectivity index (χ0v) is 10.1. The van der Waals surface area contributed by atoms with E-state index in [1.807, 2.05) is 12.1 Å². The molecule has 0 aliphatic heterocycles. The standard InChI is InChI=1S/C13H19N3/c1-9-5-4-6-10(7-9)15-12(14)16-11-8-13(11,2)3/h4-7,11H,8H2,1-3H3,(H3,14,15,16). The zero-order chi connectivity index (χ0) is 11.8. The Kier molecular flexibility index (Phi) is 2.62. The van der Waals surface area contributed by atoms with Crippen molar-refractivity contribution in [2.24, 2.45) is 16.1 Å². The summed E-state index contributed by atoms with van der Waals surface area (Å²) < 4.78 is 0. The fourth-order valence-electron chi connectivity index (χ4n) is 1.73. The number of anilines is 1. The molecule has 1 fully saturated rings. The molecule has 3 N–H and O–H groups in total. The molecule has 0 bridgehead atoms. The summed E-state index contributed by atoms with van der Waals surface area (Å²) in [6.45, 7) is 6.48. The van der Waals surface area contributed by atoms with Crippen LogP contribution in [0.4, 0.5) is 5.69 Å². The maximum Gasteiger partial charge on any atom is 0.193 e.